The Morgan fingerprint density at radius 3 is 2.69 bits per heavy atom. The van der Waals surface area contributed by atoms with Crippen molar-refractivity contribution in [3.05, 3.63) is 65.2 Å². The van der Waals surface area contributed by atoms with Gasteiger partial charge in [-0.15, -0.1) is 12.4 Å². The minimum atomic E-state index is 0. The Bertz CT molecular complexity index is 827. The largest absolute Gasteiger partial charge is 0.497 e. The smallest absolute Gasteiger partial charge is 0.223 e. The van der Waals surface area contributed by atoms with Gasteiger partial charge in [0.1, 0.15) is 5.75 Å². The van der Waals surface area contributed by atoms with Crippen LogP contribution in [-0.2, 0) is 11.2 Å². The van der Waals surface area contributed by atoms with E-state index < -0.39 is 0 Å². The summed E-state index contributed by atoms with van der Waals surface area (Å²) in [6, 6.07) is 16.8. The highest BCUT2D eigenvalue weighted by molar-refractivity contribution is 5.85. The van der Waals surface area contributed by atoms with E-state index in [1.807, 2.05) is 17.0 Å². The maximum absolute atomic E-state index is 13.1. The van der Waals surface area contributed by atoms with E-state index in [0.717, 1.165) is 38.1 Å². The molecule has 2 aromatic carbocycles. The third-order valence-electron chi connectivity index (χ3n) is 6.53. The standard InChI is InChI=1S/C24H30N2O2.ClH/c1-28-21-10-11-22-18(12-21)8-5-9-19(22)13-24(27)26-15-20(14-25)23(16-26)17-6-3-2-4-7-17;/h2-4,6-7,10-12,19-20,23H,5,8-9,13-16,25H2,1H3;1H/t19?,20-,23+;/m1./s1. The van der Waals surface area contributed by atoms with Gasteiger partial charge < -0.3 is 15.4 Å². The summed E-state index contributed by atoms with van der Waals surface area (Å²) >= 11 is 0. The normalized spacial score (nSPS) is 23.2. The minimum absolute atomic E-state index is 0. The molecule has 0 saturated carbocycles. The van der Waals surface area contributed by atoms with Gasteiger partial charge in [0.15, 0.2) is 0 Å². The van der Waals surface area contributed by atoms with Crippen molar-refractivity contribution in [2.24, 2.45) is 11.7 Å². The van der Waals surface area contributed by atoms with Crippen LogP contribution in [-0.4, -0.2) is 37.6 Å². The second-order valence-corrected chi connectivity index (χ2v) is 8.17. The Morgan fingerprint density at radius 1 is 1.17 bits per heavy atom. The van der Waals surface area contributed by atoms with Gasteiger partial charge in [-0.25, -0.2) is 0 Å². The van der Waals surface area contributed by atoms with Crippen LogP contribution in [0.3, 0.4) is 0 Å². The molecule has 2 aromatic rings. The lowest BCUT2D eigenvalue weighted by Crippen LogP contribution is -2.31. The molecule has 0 spiro atoms. The van der Waals surface area contributed by atoms with E-state index in [9.17, 15) is 4.79 Å². The second-order valence-electron chi connectivity index (χ2n) is 8.17. The number of halogens is 1. The number of methoxy groups -OCH3 is 1. The Labute approximate surface area is 179 Å². The van der Waals surface area contributed by atoms with E-state index in [1.54, 1.807) is 7.11 Å². The number of nitrogens with zero attached hydrogens (tertiary/aromatic N) is 1. The zero-order valence-electron chi connectivity index (χ0n) is 17.0. The summed E-state index contributed by atoms with van der Waals surface area (Å²) in [4.78, 5) is 15.2. The van der Waals surface area contributed by atoms with Crippen molar-refractivity contribution in [1.82, 2.24) is 4.90 Å². The summed E-state index contributed by atoms with van der Waals surface area (Å²) in [7, 11) is 1.70. The molecule has 2 aliphatic rings. The number of amides is 1. The molecule has 2 N–H and O–H groups in total. The summed E-state index contributed by atoms with van der Waals surface area (Å²) in [6.07, 6.45) is 3.89. The zero-order valence-corrected chi connectivity index (χ0v) is 17.9. The number of ether oxygens (including phenoxy) is 1. The maximum Gasteiger partial charge on any atom is 0.223 e. The van der Waals surface area contributed by atoms with Gasteiger partial charge >= 0.3 is 0 Å². The van der Waals surface area contributed by atoms with Crippen LogP contribution in [0.5, 0.6) is 5.75 Å². The predicted octanol–water partition coefficient (Wildman–Crippen LogP) is 4.13. The fraction of sp³-hybridized carbons (Fsp3) is 0.458. The van der Waals surface area contributed by atoms with Crippen LogP contribution in [0.4, 0.5) is 0 Å². The number of benzene rings is 2. The van der Waals surface area contributed by atoms with Gasteiger partial charge in [0.05, 0.1) is 7.11 Å². The van der Waals surface area contributed by atoms with Crippen LogP contribution >= 0.6 is 12.4 Å². The van der Waals surface area contributed by atoms with E-state index in [1.165, 1.54) is 16.7 Å². The first-order valence-electron chi connectivity index (χ1n) is 10.4. The van der Waals surface area contributed by atoms with Crippen LogP contribution in [0.25, 0.3) is 0 Å². The first-order valence-corrected chi connectivity index (χ1v) is 10.4. The van der Waals surface area contributed by atoms with E-state index in [2.05, 4.69) is 36.4 Å². The molecule has 1 unspecified atom stereocenters. The fourth-order valence-corrected chi connectivity index (χ4v) is 4.96. The van der Waals surface area contributed by atoms with Crippen molar-refractivity contribution >= 4 is 18.3 Å². The molecule has 1 fully saturated rings. The highest BCUT2D eigenvalue weighted by Crippen LogP contribution is 2.38. The molecule has 29 heavy (non-hydrogen) atoms. The number of fused-ring (bicyclic) bond motifs is 1. The first-order chi connectivity index (χ1) is 13.7. The van der Waals surface area contributed by atoms with E-state index in [-0.39, 0.29) is 18.3 Å². The molecular weight excluding hydrogens is 384 g/mol. The van der Waals surface area contributed by atoms with Crippen LogP contribution in [0.15, 0.2) is 48.5 Å². The van der Waals surface area contributed by atoms with Gasteiger partial charge in [-0.3, -0.25) is 4.79 Å². The lowest BCUT2D eigenvalue weighted by atomic mass is 9.80. The Kier molecular flexibility index (Phi) is 7.20. The number of hydrogen-bond donors (Lipinski definition) is 1. The monoisotopic (exact) mass is 414 g/mol. The number of carbonyl (C=O) groups is 1. The molecule has 156 valence electrons. The molecule has 1 amide bonds. The topological polar surface area (TPSA) is 55.6 Å². The minimum Gasteiger partial charge on any atom is -0.497 e. The predicted molar refractivity (Wildman–Crippen MR) is 119 cm³/mol. The number of carbonyl (C=O) groups excluding carboxylic acids is 1. The number of nitrogens with two attached hydrogens (primary N) is 1. The molecule has 0 radical (unpaired) electrons. The molecule has 1 heterocycles. The second kappa shape index (κ2) is 9.64. The highest BCUT2D eigenvalue weighted by atomic mass is 35.5. The molecule has 4 nitrogen and oxygen atoms in total. The van der Waals surface area contributed by atoms with Gasteiger partial charge in [0, 0.05) is 25.4 Å². The summed E-state index contributed by atoms with van der Waals surface area (Å²) in [5.74, 6) is 2.17. The van der Waals surface area contributed by atoms with Crippen molar-refractivity contribution in [3.63, 3.8) is 0 Å². The van der Waals surface area contributed by atoms with Crippen LogP contribution in [0.2, 0.25) is 0 Å². The number of hydrogen-bond acceptors (Lipinski definition) is 3. The van der Waals surface area contributed by atoms with E-state index >= 15 is 0 Å². The lowest BCUT2D eigenvalue weighted by molar-refractivity contribution is -0.130. The molecule has 3 atom stereocenters. The molecule has 1 aliphatic carbocycles. The zero-order chi connectivity index (χ0) is 19.5. The number of rotatable bonds is 5. The van der Waals surface area contributed by atoms with Crippen LogP contribution in [0.1, 0.15) is 47.8 Å². The van der Waals surface area contributed by atoms with Gasteiger partial charge in [-0.2, -0.15) is 0 Å². The van der Waals surface area contributed by atoms with Crippen molar-refractivity contribution in [3.8, 4) is 5.75 Å². The van der Waals surface area contributed by atoms with E-state index in [4.69, 9.17) is 10.5 Å². The number of likely N-dealkylation sites (tertiary alicyclic amines) is 1. The van der Waals surface area contributed by atoms with Gasteiger partial charge in [-0.1, -0.05) is 36.4 Å². The SMILES string of the molecule is COc1ccc2c(c1)CCCC2CC(=O)N1C[C@@H](CN)[C@H](c2ccccc2)C1.Cl. The summed E-state index contributed by atoms with van der Waals surface area (Å²) in [6.45, 7) is 2.18. The Balaban J connectivity index is 0.00000240. The average molecular weight is 415 g/mol. The fourth-order valence-electron chi connectivity index (χ4n) is 4.96. The van der Waals surface area contributed by atoms with Crippen molar-refractivity contribution in [2.45, 2.75) is 37.5 Å². The van der Waals surface area contributed by atoms with Crippen molar-refractivity contribution in [1.29, 1.82) is 0 Å². The van der Waals surface area contributed by atoms with Crippen LogP contribution in [0, 0.1) is 5.92 Å². The first kappa shape index (κ1) is 21.7. The van der Waals surface area contributed by atoms with E-state index in [0.29, 0.717) is 30.7 Å². The summed E-state index contributed by atoms with van der Waals surface area (Å²) in [5, 5.41) is 0. The molecule has 1 saturated heterocycles. The molecule has 0 aromatic heterocycles. The average Bonchev–Trinajstić information content (AvgIpc) is 3.19. The molecule has 5 heteroatoms. The Morgan fingerprint density at radius 2 is 1.97 bits per heavy atom. The summed E-state index contributed by atoms with van der Waals surface area (Å²) < 4.78 is 5.37. The van der Waals surface area contributed by atoms with Crippen LogP contribution < -0.4 is 10.5 Å². The third kappa shape index (κ3) is 4.59. The number of aryl methyl sites for hydroxylation is 1. The summed E-state index contributed by atoms with van der Waals surface area (Å²) in [5.41, 5.74) is 10.0. The van der Waals surface area contributed by atoms with Gasteiger partial charge in [-0.05, 0) is 66.5 Å². The van der Waals surface area contributed by atoms with Gasteiger partial charge in [0.25, 0.3) is 0 Å². The Hall–Kier alpha value is -2.04. The highest BCUT2D eigenvalue weighted by Gasteiger charge is 2.36. The van der Waals surface area contributed by atoms with Gasteiger partial charge in [0.2, 0.25) is 5.91 Å². The molecule has 1 aliphatic heterocycles. The molecule has 0 bridgehead atoms. The molecular formula is C24H31ClN2O2. The maximum atomic E-state index is 13.1. The lowest BCUT2D eigenvalue weighted by Gasteiger charge is -2.27. The van der Waals surface area contributed by atoms with Crippen molar-refractivity contribution < 1.29 is 9.53 Å². The molecule has 4 rings (SSSR count). The third-order valence-corrected chi connectivity index (χ3v) is 6.53. The quantitative estimate of drug-likeness (QED) is 0.800. The van der Waals surface area contributed by atoms with Crippen molar-refractivity contribution in [2.75, 3.05) is 26.7 Å².